The number of para-hydroxylation sites is 1. The summed E-state index contributed by atoms with van der Waals surface area (Å²) in [5, 5.41) is 16.4. The van der Waals surface area contributed by atoms with Crippen molar-refractivity contribution in [2.24, 2.45) is 0 Å². The van der Waals surface area contributed by atoms with Crippen molar-refractivity contribution < 1.29 is 9.72 Å². The Balaban J connectivity index is 1.49. The number of hydrogen-bond donors (Lipinski definition) is 3. The fourth-order valence-electron chi connectivity index (χ4n) is 2.92. The zero-order chi connectivity index (χ0) is 21.8. The van der Waals surface area contributed by atoms with Crippen molar-refractivity contribution in [1.82, 2.24) is 15.8 Å². The van der Waals surface area contributed by atoms with E-state index in [0.29, 0.717) is 22.5 Å². The Labute approximate surface area is 186 Å². The SMILES string of the molecule is O=C(NNC(=S)Nc1ccc([N+](=O)[O-])cc1)c1cc(-c2cccs2)nc2ccccc12. The van der Waals surface area contributed by atoms with E-state index < -0.39 is 4.92 Å². The van der Waals surface area contributed by atoms with Gasteiger partial charge in [-0.2, -0.15) is 0 Å². The number of thiophene rings is 1. The monoisotopic (exact) mass is 449 g/mol. The number of rotatable bonds is 4. The third kappa shape index (κ3) is 4.65. The Hall–Kier alpha value is -3.89. The molecule has 4 rings (SSSR count). The lowest BCUT2D eigenvalue weighted by molar-refractivity contribution is -0.384. The summed E-state index contributed by atoms with van der Waals surface area (Å²) in [5.41, 5.74) is 7.65. The predicted octanol–water partition coefficient (Wildman–Crippen LogP) is 4.50. The van der Waals surface area contributed by atoms with Crippen molar-refractivity contribution in [2.45, 2.75) is 0 Å². The van der Waals surface area contributed by atoms with E-state index in [9.17, 15) is 14.9 Å². The number of hydrogen-bond acceptors (Lipinski definition) is 6. The van der Waals surface area contributed by atoms with Crippen LogP contribution in [-0.4, -0.2) is 20.9 Å². The first-order chi connectivity index (χ1) is 15.0. The van der Waals surface area contributed by atoms with Crippen LogP contribution < -0.4 is 16.2 Å². The first-order valence-corrected chi connectivity index (χ1v) is 10.4. The van der Waals surface area contributed by atoms with Crippen LogP contribution in [0.2, 0.25) is 0 Å². The fraction of sp³-hybridized carbons (Fsp3) is 0. The molecule has 0 fully saturated rings. The van der Waals surface area contributed by atoms with Crippen LogP contribution in [0.3, 0.4) is 0 Å². The first-order valence-electron chi connectivity index (χ1n) is 9.07. The Kier molecular flexibility index (Phi) is 5.83. The third-order valence-corrected chi connectivity index (χ3v) is 5.46. The summed E-state index contributed by atoms with van der Waals surface area (Å²) in [5.74, 6) is -0.371. The number of anilines is 1. The number of non-ortho nitro benzene ring substituents is 1. The number of amides is 1. The summed E-state index contributed by atoms with van der Waals surface area (Å²) >= 11 is 6.74. The number of nitrogens with one attached hydrogen (secondary N) is 3. The number of aromatic nitrogens is 1. The van der Waals surface area contributed by atoms with Crippen molar-refractivity contribution in [2.75, 3.05) is 5.32 Å². The molecule has 8 nitrogen and oxygen atoms in total. The number of hydrazine groups is 1. The van der Waals surface area contributed by atoms with Gasteiger partial charge in [-0.3, -0.25) is 25.8 Å². The number of pyridine rings is 1. The molecular weight excluding hydrogens is 434 g/mol. The van der Waals surface area contributed by atoms with Gasteiger partial charge >= 0.3 is 0 Å². The number of nitro groups is 1. The molecule has 3 N–H and O–H groups in total. The highest BCUT2D eigenvalue weighted by atomic mass is 32.1. The van der Waals surface area contributed by atoms with Crippen molar-refractivity contribution in [3.63, 3.8) is 0 Å². The molecule has 0 saturated heterocycles. The molecule has 0 atom stereocenters. The second-order valence-electron chi connectivity index (χ2n) is 6.39. The van der Waals surface area contributed by atoms with Gasteiger partial charge < -0.3 is 5.32 Å². The van der Waals surface area contributed by atoms with E-state index in [1.54, 1.807) is 17.4 Å². The minimum Gasteiger partial charge on any atom is -0.331 e. The maximum absolute atomic E-state index is 12.9. The van der Waals surface area contributed by atoms with E-state index in [4.69, 9.17) is 12.2 Å². The van der Waals surface area contributed by atoms with Crippen LogP contribution in [0.4, 0.5) is 11.4 Å². The van der Waals surface area contributed by atoms with Crippen LogP contribution in [0.5, 0.6) is 0 Å². The summed E-state index contributed by atoms with van der Waals surface area (Å²) in [6, 6.07) is 18.8. The largest absolute Gasteiger partial charge is 0.331 e. The first kappa shape index (κ1) is 20.4. The van der Waals surface area contributed by atoms with E-state index in [2.05, 4.69) is 21.2 Å². The molecule has 0 unspecified atom stereocenters. The molecule has 154 valence electrons. The van der Waals surface area contributed by atoms with Gasteiger partial charge in [0.25, 0.3) is 11.6 Å². The van der Waals surface area contributed by atoms with Crippen LogP contribution in [0.15, 0.2) is 72.1 Å². The quantitative estimate of drug-likeness (QED) is 0.239. The van der Waals surface area contributed by atoms with Gasteiger partial charge in [0.1, 0.15) is 0 Å². The number of nitrogens with zero attached hydrogens (tertiary/aromatic N) is 2. The zero-order valence-corrected chi connectivity index (χ0v) is 17.5. The molecule has 0 aliphatic carbocycles. The minimum atomic E-state index is -0.482. The van der Waals surface area contributed by atoms with Gasteiger partial charge in [0.2, 0.25) is 0 Å². The number of benzene rings is 2. The summed E-state index contributed by atoms with van der Waals surface area (Å²) in [6.45, 7) is 0. The number of carbonyl (C=O) groups excluding carboxylic acids is 1. The van der Waals surface area contributed by atoms with E-state index >= 15 is 0 Å². The summed E-state index contributed by atoms with van der Waals surface area (Å²) in [7, 11) is 0. The van der Waals surface area contributed by atoms with Gasteiger partial charge in [0.15, 0.2) is 5.11 Å². The van der Waals surface area contributed by atoms with Crippen LogP contribution in [0.25, 0.3) is 21.5 Å². The summed E-state index contributed by atoms with van der Waals surface area (Å²) in [6.07, 6.45) is 0. The Bertz CT molecular complexity index is 1270. The fourth-order valence-corrected chi connectivity index (χ4v) is 3.78. The molecule has 4 aromatic rings. The molecule has 31 heavy (non-hydrogen) atoms. The molecule has 0 spiro atoms. The Morgan fingerprint density at radius 3 is 2.52 bits per heavy atom. The highest BCUT2D eigenvalue weighted by molar-refractivity contribution is 7.80. The van der Waals surface area contributed by atoms with Crippen molar-refractivity contribution in [1.29, 1.82) is 0 Å². The average Bonchev–Trinajstić information content (AvgIpc) is 3.32. The summed E-state index contributed by atoms with van der Waals surface area (Å²) < 4.78 is 0. The molecule has 0 saturated carbocycles. The lowest BCUT2D eigenvalue weighted by Gasteiger charge is -2.13. The normalized spacial score (nSPS) is 10.5. The Morgan fingerprint density at radius 2 is 1.81 bits per heavy atom. The molecule has 2 heterocycles. The molecule has 0 radical (unpaired) electrons. The van der Waals surface area contributed by atoms with E-state index in [1.165, 1.54) is 24.3 Å². The van der Waals surface area contributed by atoms with Gasteiger partial charge in [0.05, 0.1) is 26.6 Å². The lowest BCUT2D eigenvalue weighted by atomic mass is 10.1. The topological polar surface area (TPSA) is 109 Å². The van der Waals surface area contributed by atoms with Crippen molar-refractivity contribution in [3.8, 4) is 10.6 Å². The molecule has 0 aliphatic heterocycles. The molecule has 1 amide bonds. The second-order valence-corrected chi connectivity index (χ2v) is 7.74. The molecular formula is C21H15N5O3S2. The van der Waals surface area contributed by atoms with Crippen LogP contribution in [-0.2, 0) is 0 Å². The second kappa shape index (κ2) is 8.86. The van der Waals surface area contributed by atoms with Gasteiger partial charge in [-0.1, -0.05) is 24.3 Å². The van der Waals surface area contributed by atoms with Crippen LogP contribution in [0.1, 0.15) is 10.4 Å². The van der Waals surface area contributed by atoms with Crippen LogP contribution >= 0.6 is 23.6 Å². The third-order valence-electron chi connectivity index (χ3n) is 4.36. The maximum Gasteiger partial charge on any atom is 0.270 e. The highest BCUT2D eigenvalue weighted by Crippen LogP contribution is 2.27. The van der Waals surface area contributed by atoms with Gasteiger partial charge in [-0.25, -0.2) is 4.98 Å². The van der Waals surface area contributed by atoms with Gasteiger partial charge in [-0.05, 0) is 47.9 Å². The predicted molar refractivity (Wildman–Crippen MR) is 125 cm³/mol. The van der Waals surface area contributed by atoms with Crippen molar-refractivity contribution >= 4 is 56.9 Å². The smallest absolute Gasteiger partial charge is 0.270 e. The van der Waals surface area contributed by atoms with Crippen molar-refractivity contribution in [3.05, 3.63) is 87.8 Å². The molecule has 10 heteroatoms. The molecule has 2 aromatic heterocycles. The zero-order valence-electron chi connectivity index (χ0n) is 15.9. The number of carbonyl (C=O) groups is 1. The molecule has 0 aliphatic rings. The van der Waals surface area contributed by atoms with E-state index in [1.807, 2.05) is 41.8 Å². The van der Waals surface area contributed by atoms with E-state index in [0.717, 1.165) is 10.3 Å². The molecule has 0 bridgehead atoms. The van der Waals surface area contributed by atoms with Gasteiger partial charge in [0, 0.05) is 23.2 Å². The summed E-state index contributed by atoms with van der Waals surface area (Å²) in [4.78, 5) is 28.8. The number of nitro benzene ring substituents is 1. The highest BCUT2D eigenvalue weighted by Gasteiger charge is 2.14. The lowest BCUT2D eigenvalue weighted by Crippen LogP contribution is -2.43. The number of fused-ring (bicyclic) bond motifs is 1. The standard InChI is InChI=1S/C21H15N5O3S2/c27-20(24-25-21(30)22-13-7-9-14(10-8-13)26(28)29)16-12-18(19-6-3-11-31-19)23-17-5-2-1-4-15(16)17/h1-12H,(H,24,27)(H2,22,25,30). The van der Waals surface area contributed by atoms with E-state index in [-0.39, 0.29) is 16.7 Å². The maximum atomic E-state index is 12.9. The van der Waals surface area contributed by atoms with Crippen LogP contribution in [0, 0.1) is 10.1 Å². The number of thiocarbonyl (C=S) groups is 1. The molecule has 2 aromatic carbocycles. The average molecular weight is 450 g/mol. The Morgan fingerprint density at radius 1 is 1.03 bits per heavy atom. The van der Waals surface area contributed by atoms with Gasteiger partial charge in [-0.15, -0.1) is 11.3 Å². The minimum absolute atomic E-state index is 0.0242.